The minimum absolute atomic E-state index is 0.0573. The van der Waals surface area contributed by atoms with Crippen LogP contribution in [0.5, 0.6) is 17.2 Å². The molecule has 1 fully saturated rings. The maximum Gasteiger partial charge on any atom is 0.241 e. The summed E-state index contributed by atoms with van der Waals surface area (Å²) in [5, 5.41) is 7.19. The molecule has 0 spiro atoms. The summed E-state index contributed by atoms with van der Waals surface area (Å²) in [6.45, 7) is 2.66. The molecule has 2 heterocycles. The Balaban J connectivity index is 1.26. The van der Waals surface area contributed by atoms with Gasteiger partial charge in [-0.15, -0.1) is 0 Å². The lowest BCUT2D eigenvalue weighted by Crippen LogP contribution is -2.43. The molecule has 1 unspecified atom stereocenters. The van der Waals surface area contributed by atoms with Crippen molar-refractivity contribution in [2.45, 2.75) is 25.8 Å². The molecule has 1 aliphatic rings. The number of benzene rings is 2. The number of carbonyl (C=O) groups excluding carboxylic acids is 1. The Morgan fingerprint density at radius 1 is 1.09 bits per heavy atom. The van der Waals surface area contributed by atoms with Crippen molar-refractivity contribution >= 4 is 5.91 Å². The fraction of sp³-hybridized carbons (Fsp3) is 0.423. The molecule has 0 aliphatic carbocycles. The number of amides is 1. The highest BCUT2D eigenvalue weighted by Gasteiger charge is 2.26. The topological polar surface area (TPSA) is 99.0 Å². The predicted molar refractivity (Wildman–Crippen MR) is 131 cm³/mol. The summed E-state index contributed by atoms with van der Waals surface area (Å²) in [6.07, 6.45) is 2.55. The summed E-state index contributed by atoms with van der Waals surface area (Å²) in [7, 11) is 4.86. The minimum Gasteiger partial charge on any atom is -0.497 e. The van der Waals surface area contributed by atoms with E-state index in [-0.39, 0.29) is 11.8 Å². The third kappa shape index (κ3) is 6.30. The van der Waals surface area contributed by atoms with Crippen molar-refractivity contribution in [2.24, 2.45) is 5.92 Å². The van der Waals surface area contributed by atoms with Crippen molar-refractivity contribution in [1.29, 1.82) is 0 Å². The molecule has 1 atom stereocenters. The molecule has 3 aromatic rings. The normalized spacial score (nSPS) is 16.0. The molecule has 9 nitrogen and oxygen atoms in total. The second-order valence-electron chi connectivity index (χ2n) is 8.54. The smallest absolute Gasteiger partial charge is 0.241 e. The first-order valence-electron chi connectivity index (χ1n) is 11.8. The van der Waals surface area contributed by atoms with Crippen molar-refractivity contribution in [3.63, 3.8) is 0 Å². The maximum atomic E-state index is 12.8. The van der Waals surface area contributed by atoms with Gasteiger partial charge < -0.3 is 24.1 Å². The van der Waals surface area contributed by atoms with E-state index < -0.39 is 0 Å². The molecule has 1 aromatic heterocycles. The zero-order chi connectivity index (χ0) is 24.6. The van der Waals surface area contributed by atoms with E-state index in [2.05, 4.69) is 20.4 Å². The summed E-state index contributed by atoms with van der Waals surface area (Å²) in [5.41, 5.74) is 1.95. The van der Waals surface area contributed by atoms with Gasteiger partial charge in [0.25, 0.3) is 0 Å². The van der Waals surface area contributed by atoms with Crippen LogP contribution in [0.15, 0.2) is 47.0 Å². The second kappa shape index (κ2) is 11.7. The molecule has 0 bridgehead atoms. The Morgan fingerprint density at radius 3 is 2.63 bits per heavy atom. The summed E-state index contributed by atoms with van der Waals surface area (Å²) >= 11 is 0. The van der Waals surface area contributed by atoms with Crippen LogP contribution >= 0.6 is 0 Å². The highest BCUT2D eigenvalue weighted by atomic mass is 16.5. The SMILES string of the molecule is COc1ccc(-c2noc(CN3CCCC(C(=O)NCCc4ccc(OC)c(OC)c4)C3)n2)cc1. The molecule has 4 rings (SSSR count). The van der Waals surface area contributed by atoms with Crippen molar-refractivity contribution in [3.8, 4) is 28.6 Å². The number of nitrogens with zero attached hydrogens (tertiary/aromatic N) is 3. The van der Waals surface area contributed by atoms with Crippen molar-refractivity contribution < 1.29 is 23.5 Å². The Labute approximate surface area is 205 Å². The number of nitrogens with one attached hydrogen (secondary N) is 1. The van der Waals surface area contributed by atoms with Gasteiger partial charge in [-0.25, -0.2) is 0 Å². The highest BCUT2D eigenvalue weighted by molar-refractivity contribution is 5.79. The zero-order valence-electron chi connectivity index (χ0n) is 20.5. The molecule has 35 heavy (non-hydrogen) atoms. The minimum atomic E-state index is -0.0573. The van der Waals surface area contributed by atoms with Crippen molar-refractivity contribution in [3.05, 3.63) is 53.9 Å². The predicted octanol–water partition coefficient (Wildman–Crippen LogP) is 3.33. The largest absolute Gasteiger partial charge is 0.497 e. The maximum absolute atomic E-state index is 12.8. The van der Waals surface area contributed by atoms with Crippen LogP contribution in [0, 0.1) is 5.92 Å². The van der Waals surface area contributed by atoms with Gasteiger partial charge >= 0.3 is 0 Å². The second-order valence-corrected chi connectivity index (χ2v) is 8.54. The Bertz CT molecular complexity index is 1120. The van der Waals surface area contributed by atoms with Crippen LogP contribution in [-0.2, 0) is 17.8 Å². The zero-order valence-corrected chi connectivity index (χ0v) is 20.5. The Kier molecular flexibility index (Phi) is 8.20. The molecule has 1 amide bonds. The number of carbonyl (C=O) groups is 1. The van der Waals surface area contributed by atoms with Gasteiger partial charge in [-0.1, -0.05) is 11.2 Å². The van der Waals surface area contributed by atoms with Gasteiger partial charge in [0.15, 0.2) is 11.5 Å². The molecule has 1 N–H and O–H groups in total. The average Bonchev–Trinajstić information content (AvgIpc) is 3.37. The number of rotatable bonds is 10. The fourth-order valence-electron chi connectivity index (χ4n) is 4.29. The summed E-state index contributed by atoms with van der Waals surface area (Å²) in [5.74, 6) is 3.28. The van der Waals surface area contributed by atoms with Gasteiger partial charge in [-0.2, -0.15) is 4.98 Å². The van der Waals surface area contributed by atoms with Gasteiger partial charge in [0, 0.05) is 18.7 Å². The van der Waals surface area contributed by atoms with Crippen LogP contribution in [0.1, 0.15) is 24.3 Å². The monoisotopic (exact) mass is 480 g/mol. The average molecular weight is 481 g/mol. The quantitative estimate of drug-likeness (QED) is 0.472. The van der Waals surface area contributed by atoms with Crippen LogP contribution in [-0.4, -0.2) is 61.9 Å². The van der Waals surface area contributed by atoms with E-state index in [0.29, 0.717) is 42.8 Å². The summed E-state index contributed by atoms with van der Waals surface area (Å²) < 4.78 is 21.3. The van der Waals surface area contributed by atoms with Gasteiger partial charge in [0.1, 0.15) is 5.75 Å². The van der Waals surface area contributed by atoms with Crippen LogP contribution in [0.25, 0.3) is 11.4 Å². The van der Waals surface area contributed by atoms with Crippen LogP contribution in [0.3, 0.4) is 0 Å². The van der Waals surface area contributed by atoms with E-state index in [1.54, 1.807) is 21.3 Å². The first-order valence-corrected chi connectivity index (χ1v) is 11.8. The van der Waals surface area contributed by atoms with E-state index in [9.17, 15) is 4.79 Å². The van der Waals surface area contributed by atoms with E-state index in [1.165, 1.54) is 0 Å². The van der Waals surface area contributed by atoms with Crippen LogP contribution in [0.2, 0.25) is 0 Å². The highest BCUT2D eigenvalue weighted by Crippen LogP contribution is 2.27. The van der Waals surface area contributed by atoms with Crippen molar-refractivity contribution in [2.75, 3.05) is 41.0 Å². The lowest BCUT2D eigenvalue weighted by molar-refractivity contribution is -0.126. The molecule has 1 saturated heterocycles. The number of methoxy groups -OCH3 is 3. The number of hydrogen-bond acceptors (Lipinski definition) is 8. The number of hydrogen-bond donors (Lipinski definition) is 1. The lowest BCUT2D eigenvalue weighted by atomic mass is 9.97. The number of aromatic nitrogens is 2. The van der Waals surface area contributed by atoms with E-state index >= 15 is 0 Å². The first kappa shape index (κ1) is 24.5. The van der Waals surface area contributed by atoms with Gasteiger partial charge in [-0.05, 0) is 67.8 Å². The van der Waals surface area contributed by atoms with Crippen LogP contribution < -0.4 is 19.5 Å². The lowest BCUT2D eigenvalue weighted by Gasteiger charge is -2.30. The summed E-state index contributed by atoms with van der Waals surface area (Å²) in [4.78, 5) is 19.5. The van der Waals surface area contributed by atoms with E-state index in [1.807, 2.05) is 42.5 Å². The van der Waals surface area contributed by atoms with Crippen molar-refractivity contribution in [1.82, 2.24) is 20.4 Å². The first-order chi connectivity index (χ1) is 17.1. The number of likely N-dealkylation sites (tertiary alicyclic amines) is 1. The number of piperidine rings is 1. The Hall–Kier alpha value is -3.59. The molecule has 0 radical (unpaired) electrons. The number of ether oxygens (including phenoxy) is 3. The van der Waals surface area contributed by atoms with Crippen LogP contribution in [0.4, 0.5) is 0 Å². The third-order valence-electron chi connectivity index (χ3n) is 6.21. The molecular weight excluding hydrogens is 448 g/mol. The molecular formula is C26H32N4O5. The molecule has 9 heteroatoms. The fourth-order valence-corrected chi connectivity index (χ4v) is 4.29. The standard InChI is InChI=1S/C26H32N4O5/c1-32-21-9-7-19(8-10-21)25-28-24(35-29-25)17-30-14-4-5-20(16-30)26(31)27-13-12-18-6-11-22(33-2)23(15-18)34-3/h6-11,15,20H,4-5,12-14,16-17H2,1-3H3,(H,27,31). The van der Waals surface area contributed by atoms with Gasteiger partial charge in [0.2, 0.25) is 17.6 Å². The third-order valence-corrected chi connectivity index (χ3v) is 6.21. The molecule has 2 aromatic carbocycles. The molecule has 1 aliphatic heterocycles. The van der Waals surface area contributed by atoms with E-state index in [4.69, 9.17) is 18.7 Å². The van der Waals surface area contributed by atoms with Gasteiger partial charge in [-0.3, -0.25) is 9.69 Å². The summed E-state index contributed by atoms with van der Waals surface area (Å²) in [6, 6.07) is 13.3. The van der Waals surface area contributed by atoms with E-state index in [0.717, 1.165) is 42.7 Å². The molecule has 0 saturated carbocycles. The molecule has 186 valence electrons. The Morgan fingerprint density at radius 2 is 1.89 bits per heavy atom. The van der Waals surface area contributed by atoms with Gasteiger partial charge in [0.05, 0.1) is 33.8 Å².